The van der Waals surface area contributed by atoms with Gasteiger partial charge >= 0.3 is 6.09 Å². The van der Waals surface area contributed by atoms with Gasteiger partial charge in [-0.05, 0) is 50.5 Å². The van der Waals surface area contributed by atoms with Gasteiger partial charge in [-0.15, -0.1) is 0 Å². The Morgan fingerprint density at radius 3 is 2.21 bits per heavy atom. The highest BCUT2D eigenvalue weighted by molar-refractivity contribution is 5.85. The van der Waals surface area contributed by atoms with Gasteiger partial charge in [-0.3, -0.25) is 4.79 Å². The van der Waals surface area contributed by atoms with Gasteiger partial charge in [-0.25, -0.2) is 4.79 Å². The average molecular weight is 399 g/mol. The first kappa shape index (κ1) is 22.3. The Kier molecular flexibility index (Phi) is 8.07. The van der Waals surface area contributed by atoms with Crippen molar-refractivity contribution in [3.05, 3.63) is 65.7 Å². The lowest BCUT2D eigenvalue weighted by Gasteiger charge is -2.22. The second-order valence-corrected chi connectivity index (χ2v) is 7.74. The third kappa shape index (κ3) is 8.25. The minimum atomic E-state index is -0.640. The number of carbonyl (C=O) groups is 2. The number of ether oxygens (including phenoxy) is 2. The van der Waals surface area contributed by atoms with Crippen molar-refractivity contribution in [1.82, 2.24) is 10.6 Å². The topological polar surface area (TPSA) is 76.7 Å². The smallest absolute Gasteiger partial charge is 0.408 e. The lowest BCUT2D eigenvalue weighted by molar-refractivity contribution is -0.123. The van der Waals surface area contributed by atoms with Crippen LogP contribution in [0.5, 0.6) is 5.75 Å². The van der Waals surface area contributed by atoms with Crippen LogP contribution in [0.2, 0.25) is 0 Å². The fourth-order valence-corrected chi connectivity index (χ4v) is 2.56. The summed E-state index contributed by atoms with van der Waals surface area (Å²) in [6.45, 7) is 8.04. The largest absolute Gasteiger partial charge is 0.489 e. The van der Waals surface area contributed by atoms with Crippen LogP contribution in [-0.2, 0) is 22.7 Å². The van der Waals surface area contributed by atoms with Crippen molar-refractivity contribution in [2.45, 2.75) is 58.9 Å². The second kappa shape index (κ2) is 10.5. The van der Waals surface area contributed by atoms with Crippen LogP contribution in [0, 0.1) is 0 Å². The van der Waals surface area contributed by atoms with Crippen LogP contribution < -0.4 is 15.4 Å². The van der Waals surface area contributed by atoms with E-state index < -0.39 is 17.7 Å². The van der Waals surface area contributed by atoms with E-state index in [2.05, 4.69) is 10.6 Å². The zero-order valence-electron chi connectivity index (χ0n) is 17.5. The third-order valence-electron chi connectivity index (χ3n) is 4.05. The summed E-state index contributed by atoms with van der Waals surface area (Å²) in [5.74, 6) is 0.518. The maximum Gasteiger partial charge on any atom is 0.408 e. The summed E-state index contributed by atoms with van der Waals surface area (Å²) >= 11 is 0. The maximum atomic E-state index is 12.4. The van der Waals surface area contributed by atoms with Gasteiger partial charge in [-0.1, -0.05) is 49.4 Å². The van der Waals surface area contributed by atoms with E-state index in [-0.39, 0.29) is 5.91 Å². The summed E-state index contributed by atoms with van der Waals surface area (Å²) in [7, 11) is 0. The molecule has 0 aliphatic carbocycles. The van der Waals surface area contributed by atoms with Crippen LogP contribution >= 0.6 is 0 Å². The normalized spacial score (nSPS) is 12.0. The first-order valence-electron chi connectivity index (χ1n) is 9.79. The van der Waals surface area contributed by atoms with Gasteiger partial charge in [0.2, 0.25) is 5.91 Å². The van der Waals surface area contributed by atoms with E-state index in [0.29, 0.717) is 19.6 Å². The molecule has 0 aliphatic heterocycles. The number of hydrogen-bond donors (Lipinski definition) is 2. The average Bonchev–Trinajstić information content (AvgIpc) is 2.69. The predicted molar refractivity (Wildman–Crippen MR) is 113 cm³/mol. The lowest BCUT2D eigenvalue weighted by Crippen LogP contribution is -2.47. The van der Waals surface area contributed by atoms with Crippen molar-refractivity contribution in [2.24, 2.45) is 0 Å². The Morgan fingerprint density at radius 2 is 1.62 bits per heavy atom. The van der Waals surface area contributed by atoms with Crippen molar-refractivity contribution < 1.29 is 19.1 Å². The standard InChI is InChI=1S/C23H30N2O4/c1-5-20(25-22(27)29-23(2,3)4)21(26)24-15-17-11-13-19(14-12-17)28-16-18-9-7-6-8-10-18/h6-14,20H,5,15-16H2,1-4H3,(H,24,26)(H,25,27). The quantitative estimate of drug-likeness (QED) is 0.699. The highest BCUT2D eigenvalue weighted by Crippen LogP contribution is 2.14. The van der Waals surface area contributed by atoms with Gasteiger partial charge in [0.1, 0.15) is 24.0 Å². The Balaban J connectivity index is 1.80. The van der Waals surface area contributed by atoms with E-state index in [1.54, 1.807) is 20.8 Å². The fourth-order valence-electron chi connectivity index (χ4n) is 2.56. The molecule has 0 bridgehead atoms. The molecule has 29 heavy (non-hydrogen) atoms. The van der Waals surface area contributed by atoms with E-state index in [0.717, 1.165) is 16.9 Å². The van der Waals surface area contributed by atoms with Gasteiger partial charge in [0.25, 0.3) is 0 Å². The van der Waals surface area contributed by atoms with Crippen LogP contribution in [0.3, 0.4) is 0 Å². The molecule has 2 rings (SSSR count). The summed E-state index contributed by atoms with van der Waals surface area (Å²) in [5.41, 5.74) is 1.44. The summed E-state index contributed by atoms with van der Waals surface area (Å²) in [4.78, 5) is 24.2. The lowest BCUT2D eigenvalue weighted by atomic mass is 10.2. The van der Waals surface area contributed by atoms with Crippen LogP contribution in [0.1, 0.15) is 45.2 Å². The number of benzene rings is 2. The van der Waals surface area contributed by atoms with Gasteiger partial charge in [0, 0.05) is 6.54 Å². The summed E-state index contributed by atoms with van der Waals surface area (Å²) in [6.07, 6.45) is -0.128. The Morgan fingerprint density at radius 1 is 0.966 bits per heavy atom. The molecule has 0 saturated heterocycles. The summed E-state index contributed by atoms with van der Waals surface area (Å²) in [6, 6.07) is 16.9. The number of rotatable bonds is 8. The number of amides is 2. The number of hydrogen-bond acceptors (Lipinski definition) is 4. The van der Waals surface area contributed by atoms with Crippen molar-refractivity contribution in [2.75, 3.05) is 0 Å². The molecule has 0 heterocycles. The predicted octanol–water partition coefficient (Wildman–Crippen LogP) is 4.19. The Bertz CT molecular complexity index is 783. The minimum absolute atomic E-state index is 0.247. The van der Waals surface area contributed by atoms with E-state index >= 15 is 0 Å². The summed E-state index contributed by atoms with van der Waals surface area (Å²) < 4.78 is 11.0. The monoisotopic (exact) mass is 398 g/mol. The van der Waals surface area contributed by atoms with Crippen LogP contribution in [-0.4, -0.2) is 23.6 Å². The molecule has 156 valence electrons. The Labute approximate surface area is 172 Å². The molecule has 0 aliphatic rings. The first-order chi connectivity index (χ1) is 13.8. The van der Waals surface area contributed by atoms with E-state index in [4.69, 9.17) is 9.47 Å². The highest BCUT2D eigenvalue weighted by atomic mass is 16.6. The molecule has 2 N–H and O–H groups in total. The molecule has 2 aromatic carbocycles. The third-order valence-corrected chi connectivity index (χ3v) is 4.05. The van der Waals surface area contributed by atoms with Crippen LogP contribution in [0.25, 0.3) is 0 Å². The molecular formula is C23H30N2O4. The van der Waals surface area contributed by atoms with E-state index in [1.165, 1.54) is 0 Å². The molecule has 2 aromatic rings. The molecule has 1 atom stereocenters. The molecule has 0 spiro atoms. The molecule has 0 saturated carbocycles. The highest BCUT2D eigenvalue weighted by Gasteiger charge is 2.22. The Hall–Kier alpha value is -3.02. The number of carbonyl (C=O) groups excluding carboxylic acids is 2. The number of nitrogens with one attached hydrogen (secondary N) is 2. The van der Waals surface area contributed by atoms with Crippen molar-refractivity contribution in [3.63, 3.8) is 0 Å². The molecule has 1 unspecified atom stereocenters. The van der Waals surface area contributed by atoms with Gasteiger partial charge in [0.05, 0.1) is 0 Å². The van der Waals surface area contributed by atoms with E-state index in [1.807, 2.05) is 61.5 Å². The molecule has 0 radical (unpaired) electrons. The SMILES string of the molecule is CCC(NC(=O)OC(C)(C)C)C(=O)NCc1ccc(OCc2ccccc2)cc1. The van der Waals surface area contributed by atoms with Crippen molar-refractivity contribution >= 4 is 12.0 Å². The molecule has 0 aromatic heterocycles. The fraction of sp³-hybridized carbons (Fsp3) is 0.391. The van der Waals surface area contributed by atoms with Crippen molar-refractivity contribution in [3.8, 4) is 5.75 Å². The zero-order chi connectivity index (χ0) is 21.3. The first-order valence-corrected chi connectivity index (χ1v) is 9.79. The number of alkyl carbamates (subject to hydrolysis) is 1. The van der Waals surface area contributed by atoms with Crippen LogP contribution in [0.15, 0.2) is 54.6 Å². The van der Waals surface area contributed by atoms with E-state index in [9.17, 15) is 9.59 Å². The van der Waals surface area contributed by atoms with Crippen LogP contribution in [0.4, 0.5) is 4.79 Å². The van der Waals surface area contributed by atoms with Gasteiger partial charge in [-0.2, -0.15) is 0 Å². The molecule has 0 fully saturated rings. The molecule has 6 heteroatoms. The maximum absolute atomic E-state index is 12.4. The second-order valence-electron chi connectivity index (χ2n) is 7.74. The molecule has 2 amide bonds. The van der Waals surface area contributed by atoms with Crippen molar-refractivity contribution in [1.29, 1.82) is 0 Å². The minimum Gasteiger partial charge on any atom is -0.489 e. The molecule has 6 nitrogen and oxygen atoms in total. The van der Waals surface area contributed by atoms with Gasteiger partial charge < -0.3 is 20.1 Å². The van der Waals surface area contributed by atoms with Gasteiger partial charge in [0.15, 0.2) is 0 Å². The summed E-state index contributed by atoms with van der Waals surface area (Å²) in [5, 5.41) is 5.45. The zero-order valence-corrected chi connectivity index (χ0v) is 17.5. The molecular weight excluding hydrogens is 368 g/mol.